The third-order valence-electron chi connectivity index (χ3n) is 5.54. The van der Waals surface area contributed by atoms with E-state index in [9.17, 15) is 0 Å². The minimum Gasteiger partial charge on any atom is -0.381 e. The number of fused-ring (bicyclic) bond motifs is 1. The van der Waals surface area contributed by atoms with Crippen LogP contribution in [0, 0.1) is 12.3 Å². The first-order chi connectivity index (χ1) is 13.1. The van der Waals surface area contributed by atoms with Gasteiger partial charge in [-0.05, 0) is 19.8 Å². The molecule has 2 aromatic rings. The highest BCUT2D eigenvalue weighted by atomic mass is 16.5. The van der Waals surface area contributed by atoms with Crippen LogP contribution in [-0.4, -0.2) is 56.6 Å². The summed E-state index contributed by atoms with van der Waals surface area (Å²) in [5.41, 5.74) is 5.69. The number of ether oxygens (including phenoxy) is 1. The maximum atomic E-state index is 7.60. The van der Waals surface area contributed by atoms with Gasteiger partial charge in [-0.2, -0.15) is 5.10 Å². The Kier molecular flexibility index (Phi) is 4.82. The van der Waals surface area contributed by atoms with Crippen LogP contribution in [0.5, 0.6) is 0 Å². The number of aryl methyl sites for hydroxylation is 2. The highest BCUT2D eigenvalue weighted by Crippen LogP contribution is 2.29. The van der Waals surface area contributed by atoms with E-state index in [-0.39, 0.29) is 5.92 Å². The lowest BCUT2D eigenvalue weighted by atomic mass is 10.0. The second-order valence-electron chi connectivity index (χ2n) is 7.25. The van der Waals surface area contributed by atoms with Gasteiger partial charge in [0.25, 0.3) is 0 Å². The van der Waals surface area contributed by atoms with Gasteiger partial charge in [-0.15, -0.1) is 0 Å². The molecule has 0 unspecified atom stereocenters. The summed E-state index contributed by atoms with van der Waals surface area (Å²) in [5.74, 6) is 1.95. The lowest BCUT2D eigenvalue weighted by Gasteiger charge is -2.30. The summed E-state index contributed by atoms with van der Waals surface area (Å²) < 4.78 is 7.58. The van der Waals surface area contributed by atoms with Crippen molar-refractivity contribution < 1.29 is 4.74 Å². The minimum atomic E-state index is 0.283. The average molecular weight is 369 g/mol. The van der Waals surface area contributed by atoms with Crippen molar-refractivity contribution in [2.45, 2.75) is 45.6 Å². The van der Waals surface area contributed by atoms with Crippen molar-refractivity contribution in [2.75, 3.05) is 19.8 Å². The number of nitrogens with zero attached hydrogens (tertiary/aromatic N) is 5. The van der Waals surface area contributed by atoms with E-state index in [2.05, 4.69) is 26.9 Å². The lowest BCUT2D eigenvalue weighted by molar-refractivity contribution is 0.193. The van der Waals surface area contributed by atoms with Gasteiger partial charge >= 0.3 is 0 Å². The Bertz CT molecular complexity index is 873. The summed E-state index contributed by atoms with van der Waals surface area (Å²) in [6.45, 7) is 7.20. The van der Waals surface area contributed by atoms with Crippen molar-refractivity contribution in [3.05, 3.63) is 34.2 Å². The zero-order valence-corrected chi connectivity index (χ0v) is 16.2. The lowest BCUT2D eigenvalue weighted by Crippen LogP contribution is -2.37. The maximum Gasteiger partial charge on any atom is 0.156 e. The van der Waals surface area contributed by atoms with Gasteiger partial charge in [0.2, 0.25) is 0 Å². The molecule has 144 valence electrons. The van der Waals surface area contributed by atoms with Crippen LogP contribution in [-0.2, 0) is 31.2 Å². The molecule has 2 aromatic heterocycles. The maximum absolute atomic E-state index is 7.60. The molecule has 4 heterocycles. The fourth-order valence-corrected chi connectivity index (χ4v) is 4.27. The summed E-state index contributed by atoms with van der Waals surface area (Å²) in [4.78, 5) is 14.8. The van der Waals surface area contributed by atoms with Gasteiger partial charge in [0, 0.05) is 50.3 Å². The normalized spacial score (nSPS) is 20.2. The largest absolute Gasteiger partial charge is 0.381 e. The number of H-pyrrole nitrogens is 1. The Hall–Kier alpha value is -2.48. The van der Waals surface area contributed by atoms with Crippen molar-refractivity contribution in [1.29, 1.82) is 5.41 Å². The number of imidazole rings is 1. The predicted molar refractivity (Wildman–Crippen MR) is 104 cm³/mol. The summed E-state index contributed by atoms with van der Waals surface area (Å²) in [6.07, 6.45) is 3.94. The summed E-state index contributed by atoms with van der Waals surface area (Å²) in [5, 5.41) is 12.3. The molecule has 2 aliphatic rings. The Morgan fingerprint density at radius 3 is 3.04 bits per heavy atom. The molecule has 0 amide bonds. The van der Waals surface area contributed by atoms with E-state index in [1.807, 2.05) is 18.7 Å². The van der Waals surface area contributed by atoms with Gasteiger partial charge < -0.3 is 14.6 Å². The number of hydrogen-bond acceptors (Lipinski definition) is 4. The molecule has 2 N–H and O–H groups in total. The van der Waals surface area contributed by atoms with Crippen LogP contribution >= 0.6 is 0 Å². The van der Waals surface area contributed by atoms with Crippen LogP contribution < -0.4 is 0 Å². The van der Waals surface area contributed by atoms with Gasteiger partial charge in [0.1, 0.15) is 17.9 Å². The van der Waals surface area contributed by atoms with Crippen LogP contribution in [0.25, 0.3) is 0 Å². The number of aromatic nitrogens is 4. The SMILES string of the molecule is CCc1c2c(nn1C)CCN(/C(=N/C=N)c1[nH]c(C)nc1[C@@H]1CCOC1)C2. The molecule has 1 saturated heterocycles. The summed E-state index contributed by atoms with van der Waals surface area (Å²) in [6, 6.07) is 0. The Balaban J connectivity index is 1.70. The first-order valence-corrected chi connectivity index (χ1v) is 9.62. The van der Waals surface area contributed by atoms with E-state index >= 15 is 0 Å². The molecule has 8 heteroatoms. The zero-order valence-electron chi connectivity index (χ0n) is 16.2. The van der Waals surface area contributed by atoms with Crippen LogP contribution in [0.2, 0.25) is 0 Å². The van der Waals surface area contributed by atoms with Gasteiger partial charge in [-0.25, -0.2) is 9.98 Å². The molecular formula is C19H27N7O. The molecule has 0 spiro atoms. The second-order valence-corrected chi connectivity index (χ2v) is 7.25. The van der Waals surface area contributed by atoms with E-state index in [1.165, 1.54) is 17.0 Å². The smallest absolute Gasteiger partial charge is 0.156 e. The van der Waals surface area contributed by atoms with E-state index in [0.717, 1.165) is 68.3 Å². The quantitative estimate of drug-likeness (QED) is 0.636. The van der Waals surface area contributed by atoms with Gasteiger partial charge in [0.15, 0.2) is 5.84 Å². The Labute approximate surface area is 159 Å². The molecule has 4 rings (SSSR count). The molecule has 2 aliphatic heterocycles. The minimum absolute atomic E-state index is 0.283. The van der Waals surface area contributed by atoms with Crippen LogP contribution in [0.15, 0.2) is 4.99 Å². The van der Waals surface area contributed by atoms with Crippen LogP contribution in [0.1, 0.15) is 53.4 Å². The fourth-order valence-electron chi connectivity index (χ4n) is 4.27. The Morgan fingerprint density at radius 2 is 2.33 bits per heavy atom. The molecule has 0 radical (unpaired) electrons. The number of aliphatic imine (C=N–C) groups is 1. The van der Waals surface area contributed by atoms with Gasteiger partial charge in [-0.3, -0.25) is 10.1 Å². The van der Waals surface area contributed by atoms with Gasteiger partial charge in [0.05, 0.1) is 18.0 Å². The molecule has 0 saturated carbocycles. The number of nitrogens with one attached hydrogen (secondary N) is 2. The third-order valence-corrected chi connectivity index (χ3v) is 5.54. The molecule has 0 aromatic carbocycles. The standard InChI is InChI=1S/C19H27N7O/c1-4-16-14-9-26(7-5-15(14)24-25(16)3)19(21-11-20)18-17(22-12(2)23-18)13-6-8-27-10-13/h11,13,20H,4-10H2,1-3H3,(H,22,23)/b20-11?,21-19+/t13-/m1/s1. The van der Waals surface area contributed by atoms with Gasteiger partial charge in [-0.1, -0.05) is 6.92 Å². The predicted octanol–water partition coefficient (Wildman–Crippen LogP) is 1.93. The van der Waals surface area contributed by atoms with Crippen LogP contribution in [0.4, 0.5) is 0 Å². The molecule has 1 fully saturated rings. The second kappa shape index (κ2) is 7.26. The van der Waals surface area contributed by atoms with E-state index < -0.39 is 0 Å². The molecule has 1 atom stereocenters. The van der Waals surface area contributed by atoms with E-state index in [0.29, 0.717) is 6.61 Å². The van der Waals surface area contributed by atoms with E-state index in [1.54, 1.807) is 0 Å². The van der Waals surface area contributed by atoms with E-state index in [4.69, 9.17) is 15.1 Å². The molecule has 27 heavy (non-hydrogen) atoms. The molecule has 8 nitrogen and oxygen atoms in total. The fraction of sp³-hybridized carbons (Fsp3) is 0.579. The third kappa shape index (κ3) is 3.18. The number of hydrogen-bond donors (Lipinski definition) is 2. The highest BCUT2D eigenvalue weighted by Gasteiger charge is 2.31. The first-order valence-electron chi connectivity index (χ1n) is 9.62. The Morgan fingerprint density at radius 1 is 1.48 bits per heavy atom. The molecule has 0 aliphatic carbocycles. The number of aromatic amines is 1. The average Bonchev–Trinajstić information content (AvgIpc) is 3.36. The highest BCUT2D eigenvalue weighted by molar-refractivity contribution is 6.01. The van der Waals surface area contributed by atoms with Crippen molar-refractivity contribution in [1.82, 2.24) is 24.6 Å². The van der Waals surface area contributed by atoms with Crippen molar-refractivity contribution in [3.63, 3.8) is 0 Å². The summed E-state index contributed by atoms with van der Waals surface area (Å²) >= 11 is 0. The van der Waals surface area contributed by atoms with Crippen molar-refractivity contribution in [3.8, 4) is 0 Å². The zero-order chi connectivity index (χ0) is 19.0. The van der Waals surface area contributed by atoms with Crippen molar-refractivity contribution in [2.24, 2.45) is 12.0 Å². The molecular weight excluding hydrogens is 342 g/mol. The first kappa shape index (κ1) is 17.9. The number of amidine groups is 1. The molecule has 0 bridgehead atoms. The number of rotatable bonds is 4. The van der Waals surface area contributed by atoms with Crippen LogP contribution in [0.3, 0.4) is 0 Å². The topological polar surface area (TPSA) is 95.2 Å². The monoisotopic (exact) mass is 369 g/mol. The summed E-state index contributed by atoms with van der Waals surface area (Å²) in [7, 11) is 2.02. The van der Waals surface area contributed by atoms with Crippen molar-refractivity contribution >= 4 is 12.2 Å².